The second kappa shape index (κ2) is 5.53. The van der Waals surface area contributed by atoms with Crippen LogP contribution < -0.4 is 10.2 Å². The molecule has 2 aromatic rings. The molecule has 0 saturated carbocycles. The van der Waals surface area contributed by atoms with Crippen molar-refractivity contribution in [1.29, 1.82) is 0 Å². The lowest BCUT2D eigenvalue weighted by Gasteiger charge is -2.08. The Bertz CT molecular complexity index is 502. The Morgan fingerprint density at radius 2 is 1.65 bits per heavy atom. The Balaban J connectivity index is 2.26. The highest BCUT2D eigenvalue weighted by molar-refractivity contribution is 14.1. The van der Waals surface area contributed by atoms with Crippen LogP contribution in [0.15, 0.2) is 48.5 Å². The third kappa shape index (κ3) is 3.21. The van der Waals surface area contributed by atoms with Crippen molar-refractivity contribution in [3.63, 3.8) is 0 Å². The van der Waals surface area contributed by atoms with Gasteiger partial charge in [-0.15, -0.1) is 0 Å². The minimum absolute atomic E-state index is 0.444. The normalized spacial score (nSPS) is 10.1. The van der Waals surface area contributed by atoms with Crippen molar-refractivity contribution in [2.75, 3.05) is 0 Å². The molecule has 0 aliphatic rings. The number of ether oxygens (including phenoxy) is 1. The monoisotopic (exact) mass is 340 g/mol. The summed E-state index contributed by atoms with van der Waals surface area (Å²) in [5.41, 5.74) is 0.444. The van der Waals surface area contributed by atoms with Gasteiger partial charge in [0.15, 0.2) is 0 Å². The number of halogens is 1. The molecule has 0 fully saturated rings. The summed E-state index contributed by atoms with van der Waals surface area (Å²) in [5.74, 6) is 1.30. The highest BCUT2D eigenvalue weighted by Crippen LogP contribution is 2.20. The molecule has 2 rings (SSSR count). The van der Waals surface area contributed by atoms with Crippen LogP contribution in [0.3, 0.4) is 0 Å². The van der Waals surface area contributed by atoms with E-state index in [1.807, 2.05) is 52.9 Å². The molecule has 0 radical (unpaired) electrons. The molecule has 0 bridgehead atoms. The second-order valence-corrected chi connectivity index (χ2v) is 4.63. The van der Waals surface area contributed by atoms with Crippen molar-refractivity contribution < 1.29 is 14.8 Å². The van der Waals surface area contributed by atoms with E-state index in [2.05, 4.69) is 0 Å². The Kier molecular flexibility index (Phi) is 4.04. The first-order valence-corrected chi connectivity index (χ1v) is 6.13. The molecule has 2 aromatic carbocycles. The summed E-state index contributed by atoms with van der Waals surface area (Å²) in [6.45, 7) is 0. The second-order valence-electron chi connectivity index (χ2n) is 3.47. The van der Waals surface area contributed by atoms with Gasteiger partial charge in [-0.1, -0.05) is 18.2 Å². The predicted molar refractivity (Wildman–Crippen MR) is 75.5 cm³/mol. The van der Waals surface area contributed by atoms with Gasteiger partial charge in [0, 0.05) is 3.57 Å². The maximum absolute atomic E-state index is 9.19. The van der Waals surface area contributed by atoms with E-state index < -0.39 is 7.12 Å². The molecule has 0 aliphatic carbocycles. The Morgan fingerprint density at radius 1 is 0.941 bits per heavy atom. The molecule has 17 heavy (non-hydrogen) atoms. The standard InChI is InChI=1S/C12H10BIO3/c14-12-7-6-10(8-11(12)13(15)16)17-9-4-2-1-3-5-9/h1-8,15-16H. The third-order valence-corrected chi connectivity index (χ3v) is 3.21. The summed E-state index contributed by atoms with van der Waals surface area (Å²) in [4.78, 5) is 0. The van der Waals surface area contributed by atoms with Gasteiger partial charge >= 0.3 is 7.12 Å². The summed E-state index contributed by atoms with van der Waals surface area (Å²) in [7, 11) is -1.48. The lowest BCUT2D eigenvalue weighted by molar-refractivity contribution is 0.424. The van der Waals surface area contributed by atoms with Gasteiger partial charge in [-0.2, -0.15) is 0 Å². The molecule has 86 valence electrons. The topological polar surface area (TPSA) is 49.7 Å². The molecule has 0 saturated heterocycles. The molecule has 0 aromatic heterocycles. The molecule has 0 unspecified atom stereocenters. The fraction of sp³-hybridized carbons (Fsp3) is 0. The number of rotatable bonds is 3. The van der Waals surface area contributed by atoms with E-state index in [1.54, 1.807) is 18.2 Å². The van der Waals surface area contributed by atoms with Gasteiger partial charge < -0.3 is 14.8 Å². The zero-order chi connectivity index (χ0) is 12.3. The van der Waals surface area contributed by atoms with E-state index in [1.165, 1.54) is 0 Å². The van der Waals surface area contributed by atoms with Crippen molar-refractivity contribution in [2.24, 2.45) is 0 Å². The number of para-hydroxylation sites is 1. The fourth-order valence-corrected chi connectivity index (χ4v) is 2.02. The van der Waals surface area contributed by atoms with E-state index in [0.29, 0.717) is 17.0 Å². The maximum atomic E-state index is 9.19. The molecule has 2 N–H and O–H groups in total. The fourth-order valence-electron chi connectivity index (χ4n) is 1.41. The van der Waals surface area contributed by atoms with Gasteiger partial charge in [0.25, 0.3) is 0 Å². The van der Waals surface area contributed by atoms with Gasteiger partial charge in [-0.3, -0.25) is 0 Å². The summed E-state index contributed by atoms with van der Waals surface area (Å²) < 4.78 is 6.39. The maximum Gasteiger partial charge on any atom is 0.489 e. The van der Waals surface area contributed by atoms with E-state index in [-0.39, 0.29) is 0 Å². The van der Waals surface area contributed by atoms with E-state index in [9.17, 15) is 10.0 Å². The van der Waals surface area contributed by atoms with Crippen LogP contribution in [0.25, 0.3) is 0 Å². The van der Waals surface area contributed by atoms with Crippen LogP contribution in [0.2, 0.25) is 0 Å². The minimum Gasteiger partial charge on any atom is -0.457 e. The van der Waals surface area contributed by atoms with Gasteiger partial charge in [-0.25, -0.2) is 0 Å². The van der Waals surface area contributed by atoms with Crippen LogP contribution in [-0.2, 0) is 0 Å². The van der Waals surface area contributed by atoms with Crippen LogP contribution in [0.5, 0.6) is 11.5 Å². The molecular weight excluding hydrogens is 330 g/mol. The first-order valence-electron chi connectivity index (χ1n) is 5.05. The van der Waals surface area contributed by atoms with Crippen molar-refractivity contribution >= 4 is 35.2 Å². The lowest BCUT2D eigenvalue weighted by atomic mass is 9.80. The number of benzene rings is 2. The number of hydrogen-bond donors (Lipinski definition) is 2. The van der Waals surface area contributed by atoms with Crippen LogP contribution in [0, 0.1) is 3.57 Å². The van der Waals surface area contributed by atoms with E-state index >= 15 is 0 Å². The molecular formula is C12H10BIO3. The quantitative estimate of drug-likeness (QED) is 0.662. The van der Waals surface area contributed by atoms with Gasteiger partial charge in [0.2, 0.25) is 0 Å². The zero-order valence-electron chi connectivity index (χ0n) is 8.88. The molecule has 5 heteroatoms. The highest BCUT2D eigenvalue weighted by atomic mass is 127. The molecule has 0 heterocycles. The average Bonchev–Trinajstić information content (AvgIpc) is 2.32. The average molecular weight is 340 g/mol. The summed E-state index contributed by atoms with van der Waals surface area (Å²) in [6.07, 6.45) is 0. The largest absolute Gasteiger partial charge is 0.489 e. The smallest absolute Gasteiger partial charge is 0.457 e. The summed E-state index contributed by atoms with van der Waals surface area (Å²) >= 11 is 2.05. The minimum atomic E-state index is -1.48. The number of hydrogen-bond acceptors (Lipinski definition) is 3. The SMILES string of the molecule is OB(O)c1cc(Oc2ccccc2)ccc1I. The zero-order valence-corrected chi connectivity index (χ0v) is 11.0. The van der Waals surface area contributed by atoms with Crippen molar-refractivity contribution in [3.05, 3.63) is 52.1 Å². The van der Waals surface area contributed by atoms with Crippen molar-refractivity contribution in [2.45, 2.75) is 0 Å². The van der Waals surface area contributed by atoms with Crippen LogP contribution in [0.4, 0.5) is 0 Å². The molecule has 0 atom stereocenters. The molecule has 0 aliphatic heterocycles. The van der Waals surface area contributed by atoms with Gasteiger partial charge in [0.1, 0.15) is 11.5 Å². The Labute approximate surface area is 113 Å². The third-order valence-electron chi connectivity index (χ3n) is 2.22. The summed E-state index contributed by atoms with van der Waals surface area (Å²) in [6, 6.07) is 14.5. The van der Waals surface area contributed by atoms with E-state index in [4.69, 9.17) is 4.74 Å². The van der Waals surface area contributed by atoms with Gasteiger partial charge in [0.05, 0.1) is 0 Å². The molecule has 3 nitrogen and oxygen atoms in total. The summed E-state index contributed by atoms with van der Waals surface area (Å²) in [5, 5.41) is 18.4. The van der Waals surface area contributed by atoms with Crippen molar-refractivity contribution in [1.82, 2.24) is 0 Å². The lowest BCUT2D eigenvalue weighted by Crippen LogP contribution is -2.32. The highest BCUT2D eigenvalue weighted by Gasteiger charge is 2.15. The Hall–Kier alpha value is -1.05. The molecule has 0 spiro atoms. The van der Waals surface area contributed by atoms with Crippen LogP contribution in [-0.4, -0.2) is 17.2 Å². The molecule has 0 amide bonds. The van der Waals surface area contributed by atoms with Gasteiger partial charge in [-0.05, 0) is 58.4 Å². The van der Waals surface area contributed by atoms with E-state index in [0.717, 1.165) is 3.57 Å². The van der Waals surface area contributed by atoms with Crippen LogP contribution in [0.1, 0.15) is 0 Å². The van der Waals surface area contributed by atoms with Crippen molar-refractivity contribution in [3.8, 4) is 11.5 Å². The predicted octanol–water partition coefficient (Wildman–Crippen LogP) is 1.76. The Morgan fingerprint density at radius 3 is 2.29 bits per heavy atom. The van der Waals surface area contributed by atoms with Crippen LogP contribution >= 0.6 is 22.6 Å². The first kappa shape index (κ1) is 12.4. The first-order chi connectivity index (χ1) is 8.16.